The van der Waals surface area contributed by atoms with Crippen LogP contribution in [-0.4, -0.2) is 10.9 Å². The number of benzene rings is 2. The minimum absolute atomic E-state index is 0.135. The Kier molecular flexibility index (Phi) is 3.40. The van der Waals surface area contributed by atoms with Gasteiger partial charge in [-0.3, -0.25) is 4.79 Å². The van der Waals surface area contributed by atoms with Gasteiger partial charge in [0, 0.05) is 11.3 Å². The SMILES string of the molecule is Cc1cc(C)nc(NC(=O)c2cccc3ccccc23)c1. The van der Waals surface area contributed by atoms with Crippen LogP contribution in [0.3, 0.4) is 0 Å². The summed E-state index contributed by atoms with van der Waals surface area (Å²) in [5.41, 5.74) is 2.63. The lowest BCUT2D eigenvalue weighted by atomic mass is 10.0. The normalized spacial score (nSPS) is 10.6. The number of amides is 1. The molecule has 3 heteroatoms. The van der Waals surface area contributed by atoms with Crippen LogP contribution in [0.4, 0.5) is 5.82 Å². The van der Waals surface area contributed by atoms with Crippen LogP contribution in [0, 0.1) is 13.8 Å². The highest BCUT2D eigenvalue weighted by Gasteiger charge is 2.10. The smallest absolute Gasteiger partial charge is 0.257 e. The number of aromatic nitrogens is 1. The second kappa shape index (κ2) is 5.37. The van der Waals surface area contributed by atoms with Crippen molar-refractivity contribution in [3.8, 4) is 0 Å². The first-order valence-corrected chi connectivity index (χ1v) is 6.88. The lowest BCUT2D eigenvalue weighted by Gasteiger charge is -2.09. The molecule has 0 aliphatic carbocycles. The number of carbonyl (C=O) groups is 1. The molecular weight excluding hydrogens is 260 g/mol. The molecule has 1 amide bonds. The molecule has 104 valence electrons. The van der Waals surface area contributed by atoms with Gasteiger partial charge in [0.1, 0.15) is 5.82 Å². The maximum absolute atomic E-state index is 12.5. The van der Waals surface area contributed by atoms with Gasteiger partial charge < -0.3 is 5.32 Å². The highest BCUT2D eigenvalue weighted by molar-refractivity contribution is 6.12. The molecule has 0 radical (unpaired) electrons. The summed E-state index contributed by atoms with van der Waals surface area (Å²) in [6, 6.07) is 17.4. The number of pyridine rings is 1. The Bertz CT molecular complexity index is 799. The topological polar surface area (TPSA) is 42.0 Å². The number of carbonyl (C=O) groups excluding carboxylic acids is 1. The van der Waals surface area contributed by atoms with Crippen molar-refractivity contribution in [2.45, 2.75) is 13.8 Å². The maximum atomic E-state index is 12.5. The molecule has 1 heterocycles. The molecule has 0 aliphatic heterocycles. The minimum Gasteiger partial charge on any atom is -0.307 e. The van der Waals surface area contributed by atoms with E-state index in [1.54, 1.807) is 0 Å². The summed E-state index contributed by atoms with van der Waals surface area (Å²) in [6.07, 6.45) is 0. The third-order valence-corrected chi connectivity index (χ3v) is 3.37. The van der Waals surface area contributed by atoms with E-state index < -0.39 is 0 Å². The number of hydrogen-bond acceptors (Lipinski definition) is 2. The molecule has 21 heavy (non-hydrogen) atoms. The molecule has 2 aromatic carbocycles. The molecule has 0 aliphatic rings. The molecule has 0 unspecified atom stereocenters. The van der Waals surface area contributed by atoms with Gasteiger partial charge in [-0.25, -0.2) is 4.98 Å². The van der Waals surface area contributed by atoms with Gasteiger partial charge in [-0.05, 0) is 48.4 Å². The Hall–Kier alpha value is -2.68. The monoisotopic (exact) mass is 276 g/mol. The third kappa shape index (κ3) is 2.77. The van der Waals surface area contributed by atoms with Crippen LogP contribution in [0.1, 0.15) is 21.6 Å². The molecule has 0 bridgehead atoms. The van der Waals surface area contributed by atoms with E-state index in [2.05, 4.69) is 10.3 Å². The predicted octanol–water partition coefficient (Wildman–Crippen LogP) is 4.10. The Morgan fingerprint density at radius 3 is 2.57 bits per heavy atom. The fourth-order valence-corrected chi connectivity index (χ4v) is 2.51. The van der Waals surface area contributed by atoms with Crippen LogP contribution >= 0.6 is 0 Å². The van der Waals surface area contributed by atoms with Crippen molar-refractivity contribution in [3.63, 3.8) is 0 Å². The largest absolute Gasteiger partial charge is 0.307 e. The van der Waals surface area contributed by atoms with Gasteiger partial charge >= 0.3 is 0 Å². The summed E-state index contributed by atoms with van der Waals surface area (Å²) in [5.74, 6) is 0.453. The van der Waals surface area contributed by atoms with Gasteiger partial charge in [0.2, 0.25) is 0 Å². The van der Waals surface area contributed by atoms with Crippen LogP contribution in [0.2, 0.25) is 0 Å². The lowest BCUT2D eigenvalue weighted by molar-refractivity contribution is 0.102. The van der Waals surface area contributed by atoms with Gasteiger partial charge in [-0.2, -0.15) is 0 Å². The minimum atomic E-state index is -0.135. The summed E-state index contributed by atoms with van der Waals surface area (Å²) < 4.78 is 0. The van der Waals surface area contributed by atoms with Gasteiger partial charge in [0.25, 0.3) is 5.91 Å². The Morgan fingerprint density at radius 1 is 1.00 bits per heavy atom. The summed E-state index contributed by atoms with van der Waals surface area (Å²) in [7, 11) is 0. The molecule has 0 saturated carbocycles. The highest BCUT2D eigenvalue weighted by Crippen LogP contribution is 2.19. The van der Waals surface area contributed by atoms with E-state index in [9.17, 15) is 4.79 Å². The lowest BCUT2D eigenvalue weighted by Crippen LogP contribution is -2.13. The summed E-state index contributed by atoms with van der Waals surface area (Å²) in [4.78, 5) is 16.8. The Morgan fingerprint density at radius 2 is 1.76 bits per heavy atom. The zero-order valence-electron chi connectivity index (χ0n) is 12.1. The quantitative estimate of drug-likeness (QED) is 0.765. The van der Waals surface area contributed by atoms with Crippen molar-refractivity contribution in [3.05, 3.63) is 71.4 Å². The Labute approximate surface area is 123 Å². The zero-order valence-corrected chi connectivity index (χ0v) is 12.1. The first-order chi connectivity index (χ1) is 10.1. The maximum Gasteiger partial charge on any atom is 0.257 e. The first-order valence-electron chi connectivity index (χ1n) is 6.88. The number of nitrogens with one attached hydrogen (secondary N) is 1. The number of aryl methyl sites for hydroxylation is 2. The molecule has 0 saturated heterocycles. The highest BCUT2D eigenvalue weighted by atomic mass is 16.1. The van der Waals surface area contributed by atoms with E-state index in [1.165, 1.54) is 0 Å². The molecule has 3 rings (SSSR count). The molecule has 0 fully saturated rings. The third-order valence-electron chi connectivity index (χ3n) is 3.37. The Balaban J connectivity index is 1.97. The summed E-state index contributed by atoms with van der Waals surface area (Å²) >= 11 is 0. The van der Waals surface area contributed by atoms with Crippen molar-refractivity contribution in [1.82, 2.24) is 4.98 Å². The summed E-state index contributed by atoms with van der Waals surface area (Å²) in [5, 5.41) is 4.88. The van der Waals surface area contributed by atoms with Crippen molar-refractivity contribution in [2.75, 3.05) is 5.32 Å². The zero-order chi connectivity index (χ0) is 14.8. The van der Waals surface area contributed by atoms with Crippen LogP contribution in [0.5, 0.6) is 0 Å². The van der Waals surface area contributed by atoms with E-state index in [-0.39, 0.29) is 5.91 Å². The fourth-order valence-electron chi connectivity index (χ4n) is 2.51. The standard InChI is InChI=1S/C18H16N2O/c1-12-10-13(2)19-17(11-12)20-18(21)16-9-5-7-14-6-3-4-8-15(14)16/h3-11H,1-2H3,(H,19,20,21). The van der Waals surface area contributed by atoms with Crippen molar-refractivity contribution in [2.24, 2.45) is 0 Å². The van der Waals surface area contributed by atoms with Gasteiger partial charge in [-0.15, -0.1) is 0 Å². The first kappa shape index (κ1) is 13.3. The van der Waals surface area contributed by atoms with Crippen LogP contribution in [-0.2, 0) is 0 Å². The van der Waals surface area contributed by atoms with Crippen molar-refractivity contribution >= 4 is 22.5 Å². The number of hydrogen-bond donors (Lipinski definition) is 1. The van der Waals surface area contributed by atoms with Gasteiger partial charge in [-0.1, -0.05) is 36.4 Å². The van der Waals surface area contributed by atoms with Gasteiger partial charge in [0.15, 0.2) is 0 Å². The van der Waals surface area contributed by atoms with E-state index in [1.807, 2.05) is 68.4 Å². The number of nitrogens with zero attached hydrogens (tertiary/aromatic N) is 1. The molecular formula is C18H16N2O. The van der Waals surface area contributed by atoms with Crippen molar-refractivity contribution < 1.29 is 4.79 Å². The predicted molar refractivity (Wildman–Crippen MR) is 85.6 cm³/mol. The van der Waals surface area contributed by atoms with Crippen LogP contribution in [0.25, 0.3) is 10.8 Å². The molecule has 1 N–H and O–H groups in total. The molecule has 0 spiro atoms. The molecule has 3 aromatic rings. The van der Waals surface area contributed by atoms with E-state index >= 15 is 0 Å². The molecule has 0 atom stereocenters. The van der Waals surface area contributed by atoms with E-state index in [0.717, 1.165) is 22.0 Å². The van der Waals surface area contributed by atoms with Crippen LogP contribution in [0.15, 0.2) is 54.6 Å². The van der Waals surface area contributed by atoms with Gasteiger partial charge in [0.05, 0.1) is 0 Å². The number of fused-ring (bicyclic) bond motifs is 1. The van der Waals surface area contributed by atoms with E-state index in [0.29, 0.717) is 11.4 Å². The number of anilines is 1. The second-order valence-electron chi connectivity index (χ2n) is 5.15. The van der Waals surface area contributed by atoms with E-state index in [4.69, 9.17) is 0 Å². The number of rotatable bonds is 2. The second-order valence-corrected chi connectivity index (χ2v) is 5.15. The average molecular weight is 276 g/mol. The molecule has 1 aromatic heterocycles. The average Bonchev–Trinajstić information content (AvgIpc) is 2.45. The summed E-state index contributed by atoms with van der Waals surface area (Å²) in [6.45, 7) is 3.91. The fraction of sp³-hybridized carbons (Fsp3) is 0.111. The molecule has 3 nitrogen and oxygen atoms in total. The van der Waals surface area contributed by atoms with Crippen LogP contribution < -0.4 is 5.32 Å². The van der Waals surface area contributed by atoms with Crippen molar-refractivity contribution in [1.29, 1.82) is 0 Å².